The van der Waals surface area contributed by atoms with Crippen LogP contribution in [0.15, 0.2) is 133 Å². The van der Waals surface area contributed by atoms with E-state index < -0.39 is 0 Å². The van der Waals surface area contributed by atoms with Crippen molar-refractivity contribution in [1.29, 1.82) is 0 Å². The molecule has 0 saturated heterocycles. The Morgan fingerprint density at radius 1 is 0.351 bits per heavy atom. The molecule has 0 unspecified atom stereocenters. The molecule has 0 spiro atoms. The maximum Gasteiger partial charge on any atom is 0.0361 e. The van der Waals surface area contributed by atoms with Gasteiger partial charge in [0.15, 0.2) is 0 Å². The molecule has 0 fully saturated rings. The Labute approximate surface area is 219 Å². The van der Waals surface area contributed by atoms with Crippen molar-refractivity contribution in [2.24, 2.45) is 0 Å². The summed E-state index contributed by atoms with van der Waals surface area (Å²) in [6.07, 6.45) is 0. The molecule has 0 radical (unpaired) electrons. The molecule has 37 heavy (non-hydrogen) atoms. The molecule has 0 aliphatic carbocycles. The molecule has 0 saturated carbocycles. The third-order valence-electron chi connectivity index (χ3n) is 7.64. The van der Waals surface area contributed by atoms with Crippen LogP contribution < -0.4 is 0 Å². The SMILES string of the molecule is c1ccc(-c2c3ccccc3c(-c3ccc4c(c3)sc3ccc5ccccc5c34)c3ccccc23)cc1. The summed E-state index contributed by atoms with van der Waals surface area (Å²) in [5.41, 5.74) is 5.16. The summed E-state index contributed by atoms with van der Waals surface area (Å²) in [6.45, 7) is 0. The molecule has 0 aliphatic rings. The lowest BCUT2D eigenvalue weighted by Gasteiger charge is -2.17. The lowest BCUT2D eigenvalue weighted by Crippen LogP contribution is -1.90. The van der Waals surface area contributed by atoms with Gasteiger partial charge in [0.25, 0.3) is 0 Å². The van der Waals surface area contributed by atoms with E-state index in [1.807, 2.05) is 11.3 Å². The molecule has 0 aliphatic heterocycles. The van der Waals surface area contributed by atoms with Crippen LogP contribution in [0.3, 0.4) is 0 Å². The van der Waals surface area contributed by atoms with Crippen molar-refractivity contribution in [2.75, 3.05) is 0 Å². The van der Waals surface area contributed by atoms with E-state index in [9.17, 15) is 0 Å². The van der Waals surface area contributed by atoms with Crippen LogP contribution >= 0.6 is 11.3 Å². The first kappa shape index (κ1) is 20.7. The molecule has 0 atom stereocenters. The van der Waals surface area contributed by atoms with Gasteiger partial charge < -0.3 is 0 Å². The third kappa shape index (κ3) is 3.08. The predicted molar refractivity (Wildman–Crippen MR) is 163 cm³/mol. The number of hydrogen-bond donors (Lipinski definition) is 0. The van der Waals surface area contributed by atoms with E-state index in [-0.39, 0.29) is 0 Å². The van der Waals surface area contributed by atoms with Crippen molar-refractivity contribution in [3.05, 3.63) is 133 Å². The highest BCUT2D eigenvalue weighted by molar-refractivity contribution is 7.26. The second-order valence-electron chi connectivity index (χ2n) is 9.68. The van der Waals surface area contributed by atoms with Gasteiger partial charge >= 0.3 is 0 Å². The molecule has 1 heterocycles. The summed E-state index contributed by atoms with van der Waals surface area (Å²) < 4.78 is 2.68. The van der Waals surface area contributed by atoms with Crippen molar-refractivity contribution >= 4 is 63.8 Å². The van der Waals surface area contributed by atoms with E-state index in [0.29, 0.717) is 0 Å². The highest BCUT2D eigenvalue weighted by Gasteiger charge is 2.17. The average molecular weight is 487 g/mol. The second kappa shape index (κ2) is 8.03. The predicted octanol–water partition coefficient (Wildman–Crippen LogP) is 10.8. The van der Waals surface area contributed by atoms with E-state index in [0.717, 1.165) is 0 Å². The zero-order chi connectivity index (χ0) is 24.3. The minimum atomic E-state index is 1.26. The molecule has 8 aromatic rings. The Hall–Kier alpha value is -4.46. The first-order valence-electron chi connectivity index (χ1n) is 12.7. The van der Waals surface area contributed by atoms with E-state index in [4.69, 9.17) is 0 Å². The minimum absolute atomic E-state index is 1.26. The first-order chi connectivity index (χ1) is 18.4. The molecule has 8 rings (SSSR count). The maximum atomic E-state index is 2.41. The molecular formula is C36H22S. The molecule has 172 valence electrons. The van der Waals surface area contributed by atoms with Crippen LogP contribution in [0, 0.1) is 0 Å². The molecule has 1 aromatic heterocycles. The van der Waals surface area contributed by atoms with E-state index in [1.54, 1.807) is 0 Å². The van der Waals surface area contributed by atoms with Gasteiger partial charge in [0.05, 0.1) is 0 Å². The molecule has 0 N–H and O–H groups in total. The van der Waals surface area contributed by atoms with Crippen LogP contribution in [0.1, 0.15) is 0 Å². The number of benzene rings is 7. The highest BCUT2D eigenvalue weighted by Crippen LogP contribution is 2.45. The third-order valence-corrected chi connectivity index (χ3v) is 8.76. The first-order valence-corrected chi connectivity index (χ1v) is 13.5. The number of fused-ring (bicyclic) bond motifs is 7. The van der Waals surface area contributed by atoms with Gasteiger partial charge in [-0.15, -0.1) is 11.3 Å². The summed E-state index contributed by atoms with van der Waals surface area (Å²) in [7, 11) is 0. The molecule has 0 nitrogen and oxygen atoms in total. The Morgan fingerprint density at radius 3 is 1.59 bits per heavy atom. The number of thiophene rings is 1. The summed E-state index contributed by atoms with van der Waals surface area (Å²) in [6, 6.07) is 48.9. The zero-order valence-corrected chi connectivity index (χ0v) is 20.9. The van der Waals surface area contributed by atoms with E-state index in [1.165, 1.54) is 74.7 Å². The summed E-state index contributed by atoms with van der Waals surface area (Å²) in [5, 5.41) is 10.5. The van der Waals surface area contributed by atoms with E-state index >= 15 is 0 Å². The summed E-state index contributed by atoms with van der Waals surface area (Å²) in [4.78, 5) is 0. The summed E-state index contributed by atoms with van der Waals surface area (Å²) >= 11 is 1.90. The van der Waals surface area contributed by atoms with Gasteiger partial charge in [-0.25, -0.2) is 0 Å². The van der Waals surface area contributed by atoms with Gasteiger partial charge in [0.1, 0.15) is 0 Å². The molecule has 0 bridgehead atoms. The van der Waals surface area contributed by atoms with Crippen molar-refractivity contribution in [3.8, 4) is 22.3 Å². The van der Waals surface area contributed by atoms with Crippen LogP contribution in [-0.2, 0) is 0 Å². The average Bonchev–Trinajstić information content (AvgIpc) is 3.34. The monoisotopic (exact) mass is 486 g/mol. The Morgan fingerprint density at radius 2 is 0.919 bits per heavy atom. The summed E-state index contributed by atoms with van der Waals surface area (Å²) in [5.74, 6) is 0. The van der Waals surface area contributed by atoms with Crippen LogP contribution in [0.25, 0.3) is 74.7 Å². The molecular weight excluding hydrogens is 464 g/mol. The fraction of sp³-hybridized carbons (Fsp3) is 0. The lowest BCUT2D eigenvalue weighted by atomic mass is 9.86. The standard InChI is InChI=1S/C36H22S/c1-2-11-24(12-3-1)34-27-14-6-8-16-29(27)35(30-17-9-7-15-28(30)34)25-18-20-31-33(22-25)37-32-21-19-23-10-4-5-13-26(23)36(31)32/h1-22H. The molecule has 7 aromatic carbocycles. The van der Waals surface area contributed by atoms with Gasteiger partial charge in [-0.05, 0) is 66.7 Å². The largest absolute Gasteiger partial charge is 0.135 e. The number of rotatable bonds is 2. The van der Waals surface area contributed by atoms with Gasteiger partial charge in [-0.2, -0.15) is 0 Å². The Bertz CT molecular complexity index is 2070. The topological polar surface area (TPSA) is 0 Å². The van der Waals surface area contributed by atoms with Crippen molar-refractivity contribution < 1.29 is 0 Å². The Balaban J connectivity index is 1.47. The van der Waals surface area contributed by atoms with Crippen LogP contribution in [-0.4, -0.2) is 0 Å². The normalized spacial score (nSPS) is 11.8. The van der Waals surface area contributed by atoms with Crippen molar-refractivity contribution in [3.63, 3.8) is 0 Å². The van der Waals surface area contributed by atoms with Crippen molar-refractivity contribution in [2.45, 2.75) is 0 Å². The maximum absolute atomic E-state index is 2.41. The van der Waals surface area contributed by atoms with Gasteiger partial charge in [0.2, 0.25) is 0 Å². The van der Waals surface area contributed by atoms with Gasteiger partial charge in [-0.1, -0.05) is 121 Å². The lowest BCUT2D eigenvalue weighted by molar-refractivity contribution is 1.66. The van der Waals surface area contributed by atoms with Crippen LogP contribution in [0.4, 0.5) is 0 Å². The minimum Gasteiger partial charge on any atom is -0.135 e. The molecule has 0 amide bonds. The fourth-order valence-electron chi connectivity index (χ4n) is 6.06. The quantitative estimate of drug-likeness (QED) is 0.213. The Kier molecular flexibility index (Phi) is 4.49. The second-order valence-corrected chi connectivity index (χ2v) is 10.8. The smallest absolute Gasteiger partial charge is 0.0361 e. The zero-order valence-electron chi connectivity index (χ0n) is 20.1. The van der Waals surface area contributed by atoms with Crippen LogP contribution in [0.2, 0.25) is 0 Å². The van der Waals surface area contributed by atoms with E-state index in [2.05, 4.69) is 133 Å². The number of hydrogen-bond acceptors (Lipinski definition) is 1. The van der Waals surface area contributed by atoms with Crippen LogP contribution in [0.5, 0.6) is 0 Å². The van der Waals surface area contributed by atoms with Gasteiger partial charge in [0, 0.05) is 20.2 Å². The van der Waals surface area contributed by atoms with Gasteiger partial charge in [-0.3, -0.25) is 0 Å². The fourth-order valence-corrected chi connectivity index (χ4v) is 7.22. The highest BCUT2D eigenvalue weighted by atomic mass is 32.1. The molecule has 1 heteroatoms. The van der Waals surface area contributed by atoms with Crippen molar-refractivity contribution in [1.82, 2.24) is 0 Å².